The van der Waals surface area contributed by atoms with Crippen LogP contribution in [0.15, 0.2) is 65.7 Å². The number of thiophene rings is 2. The summed E-state index contributed by atoms with van der Waals surface area (Å²) in [7, 11) is 3.67. The zero-order valence-electron chi connectivity index (χ0n) is 30.8. The molecule has 0 aliphatic heterocycles. The van der Waals surface area contributed by atoms with Gasteiger partial charge in [0.25, 0.3) is 0 Å². The molecule has 0 amide bonds. The summed E-state index contributed by atoms with van der Waals surface area (Å²) in [5, 5.41) is 33.6. The van der Waals surface area contributed by atoms with E-state index in [4.69, 9.17) is 5.73 Å². The average Bonchev–Trinajstić information content (AvgIpc) is 3.80. The lowest BCUT2D eigenvalue weighted by Crippen LogP contribution is -2.53. The molecule has 3 aliphatic rings. The fourth-order valence-electron chi connectivity index (χ4n) is 9.01. The third-order valence-corrected chi connectivity index (χ3v) is 13.5. The predicted octanol–water partition coefficient (Wildman–Crippen LogP) is 5.63. The van der Waals surface area contributed by atoms with Crippen LogP contribution in [0.4, 0.5) is 5.69 Å². The molecule has 2 aromatic heterocycles. The first-order valence-corrected chi connectivity index (χ1v) is 20.2. The Morgan fingerprint density at radius 3 is 2.64 bits per heavy atom. The van der Waals surface area contributed by atoms with E-state index in [2.05, 4.69) is 81.3 Å². The average molecular weight is 748 g/mol. The highest BCUT2D eigenvalue weighted by Gasteiger charge is 2.50. The van der Waals surface area contributed by atoms with Gasteiger partial charge in [-0.15, -0.1) is 28.6 Å². The van der Waals surface area contributed by atoms with Gasteiger partial charge in [0.05, 0.1) is 15.9 Å². The van der Waals surface area contributed by atoms with E-state index >= 15 is 0 Å². The Bertz CT molecular complexity index is 2210. The third-order valence-electron chi connectivity index (χ3n) is 11.2. The Kier molecular flexibility index (Phi) is 11.1. The minimum atomic E-state index is -0.530. The van der Waals surface area contributed by atoms with Gasteiger partial charge in [0.2, 0.25) is 0 Å². The van der Waals surface area contributed by atoms with Crippen molar-refractivity contribution in [3.63, 3.8) is 0 Å². The number of hydrogen-bond acceptors (Lipinski definition) is 8. The van der Waals surface area contributed by atoms with Gasteiger partial charge in [0.15, 0.2) is 11.7 Å². The van der Waals surface area contributed by atoms with Crippen LogP contribution >= 0.6 is 22.7 Å². The number of anilines is 1. The van der Waals surface area contributed by atoms with Crippen molar-refractivity contribution in [3.05, 3.63) is 92.0 Å². The maximum absolute atomic E-state index is 14.7. The van der Waals surface area contributed by atoms with Crippen LogP contribution in [-0.4, -0.2) is 54.7 Å². The number of carbonyl (C=O) groups excluding carboxylic acids is 1. The Hall–Kier alpha value is -4.40. The number of aromatic hydroxyl groups is 1. The number of nitrogens with two attached hydrogens (primary N) is 1. The quantitative estimate of drug-likeness (QED) is 0.0537. The zero-order valence-corrected chi connectivity index (χ0v) is 32.4. The summed E-state index contributed by atoms with van der Waals surface area (Å²) in [6, 6.07) is 20.6. The second-order valence-electron chi connectivity index (χ2n) is 14.6. The summed E-state index contributed by atoms with van der Waals surface area (Å²) in [5.41, 5.74) is 10.9. The van der Waals surface area contributed by atoms with Gasteiger partial charge in [-0.1, -0.05) is 35.8 Å². The molecular weight excluding hydrogens is 699 g/mol. The summed E-state index contributed by atoms with van der Waals surface area (Å²) >= 11 is 3.25. The van der Waals surface area contributed by atoms with Gasteiger partial charge in [-0.2, -0.15) is 0 Å². The Balaban J connectivity index is 1.31. The van der Waals surface area contributed by atoms with Crippen molar-refractivity contribution in [2.24, 2.45) is 34.4 Å². The van der Waals surface area contributed by atoms with E-state index in [1.807, 2.05) is 26.1 Å². The van der Waals surface area contributed by atoms with Crippen LogP contribution in [0, 0.1) is 35.5 Å². The maximum atomic E-state index is 14.7. The van der Waals surface area contributed by atoms with Gasteiger partial charge in [0.1, 0.15) is 5.75 Å². The van der Waals surface area contributed by atoms with E-state index in [-0.39, 0.29) is 47.2 Å². The van der Waals surface area contributed by atoms with E-state index in [0.717, 1.165) is 63.0 Å². The molecule has 2 heterocycles. The highest BCUT2D eigenvalue weighted by molar-refractivity contribution is 7.23. The molecule has 0 bridgehead atoms. The number of guanidine groups is 1. The number of ketones is 1. The number of nitrogens with zero attached hydrogens (tertiary/aromatic N) is 1. The molecule has 0 spiro atoms. The Morgan fingerprint density at radius 1 is 1.06 bits per heavy atom. The number of aliphatic imine (C=N–C) groups is 1. The molecule has 0 radical (unpaired) electrons. The van der Waals surface area contributed by atoms with Crippen LogP contribution in [-0.2, 0) is 6.54 Å². The van der Waals surface area contributed by atoms with Gasteiger partial charge in [-0.25, -0.2) is 0 Å². The third kappa shape index (κ3) is 7.67. The molecule has 0 saturated heterocycles. The molecule has 53 heavy (non-hydrogen) atoms. The van der Waals surface area contributed by atoms with E-state index in [9.17, 15) is 15.0 Å². The van der Waals surface area contributed by atoms with Gasteiger partial charge in [0, 0.05) is 59.5 Å². The molecule has 276 valence electrons. The molecule has 10 heteroatoms. The number of phenols is 1. The number of fused-ring (bicyclic) bond motifs is 1. The molecule has 3 aliphatic carbocycles. The topological polar surface area (TPSA) is 132 Å². The summed E-state index contributed by atoms with van der Waals surface area (Å²) in [5.74, 6) is 7.07. The molecule has 2 aromatic carbocycles. The second-order valence-corrected chi connectivity index (χ2v) is 16.8. The van der Waals surface area contributed by atoms with Crippen molar-refractivity contribution in [2.45, 2.75) is 64.1 Å². The van der Waals surface area contributed by atoms with Gasteiger partial charge >= 0.3 is 0 Å². The van der Waals surface area contributed by atoms with Crippen LogP contribution < -0.4 is 32.1 Å². The molecule has 2 saturated carbocycles. The van der Waals surface area contributed by atoms with Crippen LogP contribution in [0.3, 0.4) is 0 Å². The minimum absolute atomic E-state index is 0.00505. The number of rotatable bonds is 10. The SMILES string of the molecule is CC#Cc1ccc(-c2ccc(C(=O)[C@@H]3CC[C@@H]4[C@@H](NC(N)=NC)[C@H](c5cc(O)cc(NC[C@H](C)O)c5)CCC5=c6ccc(CNC)cc6=C[C@H]3[C@H]54)s2)s1. The number of aliphatic hydroxyl groups excluding tert-OH is 1. The number of hydrogen-bond donors (Lipinski definition) is 6. The van der Waals surface area contributed by atoms with Crippen LogP contribution in [0.2, 0.25) is 0 Å². The summed E-state index contributed by atoms with van der Waals surface area (Å²) in [6.07, 6.45) is 5.17. The lowest BCUT2D eigenvalue weighted by Gasteiger charge is -2.47. The fraction of sp³-hybridized carbons (Fsp3) is 0.395. The van der Waals surface area contributed by atoms with E-state index < -0.39 is 6.10 Å². The molecule has 4 aromatic rings. The number of phenolic OH excluding ortho intramolecular Hbond substituents is 1. The second kappa shape index (κ2) is 15.9. The van der Waals surface area contributed by atoms with Crippen molar-refractivity contribution in [3.8, 4) is 27.3 Å². The first-order chi connectivity index (χ1) is 25.7. The Labute approximate surface area is 320 Å². The normalized spacial score (nSPS) is 24.1. The van der Waals surface area contributed by atoms with Crippen LogP contribution in [0.25, 0.3) is 21.4 Å². The molecule has 0 unspecified atom stereocenters. The molecule has 2 fully saturated rings. The lowest BCUT2D eigenvalue weighted by molar-refractivity contribution is 0.0757. The first kappa shape index (κ1) is 36.9. The van der Waals surface area contributed by atoms with Gasteiger partial charge < -0.3 is 31.9 Å². The predicted molar refractivity (Wildman–Crippen MR) is 219 cm³/mol. The first-order valence-electron chi connectivity index (χ1n) is 18.6. The number of benzene rings is 2. The fourth-order valence-corrected chi connectivity index (χ4v) is 11.0. The smallest absolute Gasteiger partial charge is 0.188 e. The molecular formula is C43H49N5O3S2. The number of Topliss-reactive ketones (excluding diaryl/α,β-unsaturated/α-hetero) is 1. The molecule has 8 nitrogen and oxygen atoms in total. The summed E-state index contributed by atoms with van der Waals surface area (Å²) < 4.78 is 0. The summed E-state index contributed by atoms with van der Waals surface area (Å²) in [6.45, 7) is 4.73. The van der Waals surface area contributed by atoms with Gasteiger partial charge in [-0.3, -0.25) is 9.79 Å². The van der Waals surface area contributed by atoms with Crippen LogP contribution in [0.1, 0.15) is 71.1 Å². The monoisotopic (exact) mass is 747 g/mol. The number of aliphatic hydroxyl groups is 1. The van der Waals surface area contributed by atoms with E-state index in [0.29, 0.717) is 12.5 Å². The van der Waals surface area contributed by atoms with Crippen molar-refractivity contribution in [1.29, 1.82) is 0 Å². The highest BCUT2D eigenvalue weighted by atomic mass is 32.1. The van der Waals surface area contributed by atoms with Crippen molar-refractivity contribution in [2.75, 3.05) is 26.0 Å². The standard InChI is InChI=1S/C43H49N5O3S2/c1-5-6-30-8-14-37(52-30)38-15-16-39(53-38)42(51)34-12-13-35-40-33(31-9-7-25(23-45-3)17-26(31)20-36(34)40)11-10-32(41(35)48-43(44)46-4)27-18-28(21-29(50)19-27)47-22-24(2)49/h7-9,14-21,24,32,34-36,40-41,45,47,49-50H,10-13,22-23H2,1-4H3,(H3,44,46,48)/t24-,32-,34+,35-,36+,40+,41-/m0/s1. The lowest BCUT2D eigenvalue weighted by atomic mass is 9.59. The van der Waals surface area contributed by atoms with E-state index in [1.54, 1.807) is 42.7 Å². The molecule has 7 rings (SSSR count). The number of carbonyl (C=O) groups is 1. The van der Waals surface area contributed by atoms with Crippen LogP contribution in [0.5, 0.6) is 5.75 Å². The maximum Gasteiger partial charge on any atom is 0.188 e. The molecule has 7 N–H and O–H groups in total. The minimum Gasteiger partial charge on any atom is -0.508 e. The molecule has 7 atom stereocenters. The largest absolute Gasteiger partial charge is 0.508 e. The van der Waals surface area contributed by atoms with Gasteiger partial charge in [-0.05, 0) is 122 Å². The Morgan fingerprint density at radius 2 is 1.87 bits per heavy atom. The van der Waals surface area contributed by atoms with Crippen molar-refractivity contribution >= 4 is 51.8 Å². The summed E-state index contributed by atoms with van der Waals surface area (Å²) in [4.78, 5) is 23.1. The van der Waals surface area contributed by atoms with E-state index in [1.165, 1.54) is 21.6 Å². The number of nitrogens with one attached hydrogen (secondary N) is 3. The zero-order chi connectivity index (χ0) is 37.2. The van der Waals surface area contributed by atoms with Crippen molar-refractivity contribution in [1.82, 2.24) is 10.6 Å². The van der Waals surface area contributed by atoms with Crippen molar-refractivity contribution < 1.29 is 15.0 Å². The highest BCUT2D eigenvalue weighted by Crippen LogP contribution is 2.53.